The zero-order chi connectivity index (χ0) is 16.7. The van der Waals surface area contributed by atoms with Gasteiger partial charge in [0.1, 0.15) is 0 Å². The predicted octanol–water partition coefficient (Wildman–Crippen LogP) is 2.31. The molecule has 0 aliphatic heterocycles. The zero-order valence-corrected chi connectivity index (χ0v) is 14.0. The summed E-state index contributed by atoms with van der Waals surface area (Å²) in [5.74, 6) is 0.247. The third-order valence-corrected chi connectivity index (χ3v) is 4.37. The quantitative estimate of drug-likeness (QED) is 0.818. The molecule has 4 nitrogen and oxygen atoms in total. The number of carbonyl (C=O) groups excluding carboxylic acids is 1. The van der Waals surface area contributed by atoms with Gasteiger partial charge in [0.2, 0.25) is 5.91 Å². The number of hydrogen-bond acceptors (Lipinski definition) is 3. The van der Waals surface area contributed by atoms with Crippen molar-refractivity contribution in [2.24, 2.45) is 5.73 Å². The number of carbonyl (C=O) groups is 1. The average Bonchev–Trinajstić information content (AvgIpc) is 2.55. The molecule has 3 unspecified atom stereocenters. The Morgan fingerprint density at radius 2 is 1.57 bits per heavy atom. The molecule has 3 atom stereocenters. The van der Waals surface area contributed by atoms with E-state index < -0.39 is 10.8 Å². The highest BCUT2D eigenvalue weighted by Gasteiger charge is 2.18. The van der Waals surface area contributed by atoms with Crippen LogP contribution in [-0.4, -0.2) is 22.1 Å². The lowest BCUT2D eigenvalue weighted by molar-refractivity contribution is -0.122. The minimum absolute atomic E-state index is 0.138. The molecule has 23 heavy (non-hydrogen) atoms. The van der Waals surface area contributed by atoms with Gasteiger partial charge in [0.15, 0.2) is 0 Å². The van der Waals surface area contributed by atoms with Crippen LogP contribution in [0.2, 0.25) is 0 Å². The van der Waals surface area contributed by atoms with Crippen LogP contribution >= 0.6 is 0 Å². The van der Waals surface area contributed by atoms with Crippen LogP contribution in [-0.2, 0) is 15.6 Å². The van der Waals surface area contributed by atoms with Gasteiger partial charge < -0.3 is 11.1 Å². The Kier molecular flexibility index (Phi) is 6.50. The Morgan fingerprint density at radius 3 is 2.09 bits per heavy atom. The van der Waals surface area contributed by atoms with E-state index in [1.807, 2.05) is 60.7 Å². The zero-order valence-electron chi connectivity index (χ0n) is 13.1. The van der Waals surface area contributed by atoms with Crippen molar-refractivity contribution in [3.05, 3.63) is 71.8 Å². The summed E-state index contributed by atoms with van der Waals surface area (Å²) in [5, 5.41) is 2.95. The maximum Gasteiger partial charge on any atom is 0.222 e. The van der Waals surface area contributed by atoms with Crippen molar-refractivity contribution in [3.63, 3.8) is 0 Å². The molecule has 0 spiro atoms. The van der Waals surface area contributed by atoms with Gasteiger partial charge in [0, 0.05) is 35.3 Å². The number of nitrogens with one attached hydrogen (secondary N) is 1. The lowest BCUT2D eigenvalue weighted by atomic mass is 10.0. The molecule has 3 N–H and O–H groups in total. The van der Waals surface area contributed by atoms with Crippen LogP contribution in [0.3, 0.4) is 0 Å². The van der Waals surface area contributed by atoms with Crippen molar-refractivity contribution < 1.29 is 9.00 Å². The van der Waals surface area contributed by atoms with Crippen molar-refractivity contribution in [2.75, 3.05) is 12.0 Å². The van der Waals surface area contributed by atoms with Gasteiger partial charge in [-0.3, -0.25) is 9.00 Å². The first-order valence-corrected chi connectivity index (χ1v) is 9.24. The molecule has 122 valence electrons. The highest BCUT2D eigenvalue weighted by Crippen LogP contribution is 2.17. The summed E-state index contributed by atoms with van der Waals surface area (Å²) in [6.45, 7) is 0. The van der Waals surface area contributed by atoms with Gasteiger partial charge in [-0.25, -0.2) is 0 Å². The SMILES string of the molecule is CS(=O)CC(NC(=O)CC(N)c1ccccc1)c1ccccc1. The van der Waals surface area contributed by atoms with E-state index in [1.54, 1.807) is 6.26 Å². The molecule has 0 radical (unpaired) electrons. The van der Waals surface area contributed by atoms with E-state index in [0.29, 0.717) is 5.75 Å². The summed E-state index contributed by atoms with van der Waals surface area (Å²) in [5.41, 5.74) is 7.97. The van der Waals surface area contributed by atoms with E-state index in [1.165, 1.54) is 0 Å². The second-order valence-corrected chi connectivity index (χ2v) is 6.97. The Morgan fingerprint density at radius 1 is 1.04 bits per heavy atom. The fourth-order valence-electron chi connectivity index (χ4n) is 2.41. The number of amides is 1. The summed E-state index contributed by atoms with van der Waals surface area (Å²) in [6.07, 6.45) is 1.83. The molecule has 0 saturated heterocycles. The van der Waals surface area contributed by atoms with Crippen LogP contribution in [0.25, 0.3) is 0 Å². The predicted molar refractivity (Wildman–Crippen MR) is 94.2 cm³/mol. The monoisotopic (exact) mass is 330 g/mol. The first-order chi connectivity index (χ1) is 11.1. The highest BCUT2D eigenvalue weighted by atomic mass is 32.2. The van der Waals surface area contributed by atoms with E-state index in [0.717, 1.165) is 11.1 Å². The minimum atomic E-state index is -1.01. The topological polar surface area (TPSA) is 72.2 Å². The molecule has 2 aromatic rings. The Hall–Kier alpha value is -1.98. The van der Waals surface area contributed by atoms with Gasteiger partial charge >= 0.3 is 0 Å². The van der Waals surface area contributed by atoms with E-state index in [-0.39, 0.29) is 24.4 Å². The maximum absolute atomic E-state index is 12.3. The Bertz CT molecular complexity index is 647. The van der Waals surface area contributed by atoms with Crippen LogP contribution in [0.15, 0.2) is 60.7 Å². The molecule has 5 heteroatoms. The van der Waals surface area contributed by atoms with Gasteiger partial charge in [-0.1, -0.05) is 60.7 Å². The van der Waals surface area contributed by atoms with Crippen molar-refractivity contribution in [3.8, 4) is 0 Å². The molecule has 0 saturated carbocycles. The highest BCUT2D eigenvalue weighted by molar-refractivity contribution is 7.84. The lowest BCUT2D eigenvalue weighted by Gasteiger charge is -2.20. The standard InChI is InChI=1S/C18H22N2O2S/c1-23(22)13-17(15-10-6-3-7-11-15)20-18(21)12-16(19)14-8-4-2-5-9-14/h2-11,16-17H,12-13,19H2,1H3,(H,20,21). The van der Waals surface area contributed by atoms with E-state index in [2.05, 4.69) is 5.32 Å². The van der Waals surface area contributed by atoms with E-state index >= 15 is 0 Å². The Labute approximate surface area is 139 Å². The minimum Gasteiger partial charge on any atom is -0.348 e. The Balaban J connectivity index is 2.01. The van der Waals surface area contributed by atoms with Crippen LogP contribution in [0.1, 0.15) is 29.6 Å². The summed E-state index contributed by atoms with van der Waals surface area (Å²) in [6, 6.07) is 18.5. The first-order valence-electron chi connectivity index (χ1n) is 7.51. The lowest BCUT2D eigenvalue weighted by Crippen LogP contribution is -2.33. The molecule has 0 aliphatic rings. The molecular weight excluding hydrogens is 308 g/mol. The van der Waals surface area contributed by atoms with Crippen molar-refractivity contribution in [1.29, 1.82) is 0 Å². The van der Waals surface area contributed by atoms with Crippen LogP contribution in [0.5, 0.6) is 0 Å². The molecule has 0 aliphatic carbocycles. The number of rotatable bonds is 7. The molecule has 0 aromatic heterocycles. The normalized spacial score (nSPS) is 14.7. The number of nitrogens with two attached hydrogens (primary N) is 1. The van der Waals surface area contributed by atoms with Crippen molar-refractivity contribution in [2.45, 2.75) is 18.5 Å². The summed E-state index contributed by atoms with van der Waals surface area (Å²) in [7, 11) is -1.01. The molecule has 2 rings (SSSR count). The number of hydrogen-bond donors (Lipinski definition) is 2. The molecule has 0 bridgehead atoms. The fraction of sp³-hybridized carbons (Fsp3) is 0.278. The smallest absolute Gasteiger partial charge is 0.222 e. The number of benzene rings is 2. The summed E-state index contributed by atoms with van der Waals surface area (Å²) < 4.78 is 11.6. The van der Waals surface area contributed by atoms with Crippen LogP contribution in [0.4, 0.5) is 0 Å². The average molecular weight is 330 g/mol. The van der Waals surface area contributed by atoms with Crippen LogP contribution in [0, 0.1) is 0 Å². The third kappa shape index (κ3) is 5.62. The van der Waals surface area contributed by atoms with Crippen molar-refractivity contribution in [1.82, 2.24) is 5.32 Å². The van der Waals surface area contributed by atoms with Gasteiger partial charge in [0.05, 0.1) is 6.04 Å². The first kappa shape index (κ1) is 17.4. The van der Waals surface area contributed by atoms with Gasteiger partial charge in [-0.2, -0.15) is 0 Å². The van der Waals surface area contributed by atoms with Crippen molar-refractivity contribution >= 4 is 16.7 Å². The molecule has 0 fully saturated rings. The third-order valence-electron chi connectivity index (χ3n) is 3.57. The fourth-order valence-corrected chi connectivity index (χ4v) is 3.16. The van der Waals surface area contributed by atoms with Gasteiger partial charge in [-0.15, -0.1) is 0 Å². The van der Waals surface area contributed by atoms with E-state index in [4.69, 9.17) is 5.73 Å². The molecule has 2 aromatic carbocycles. The maximum atomic E-state index is 12.3. The molecule has 0 heterocycles. The van der Waals surface area contributed by atoms with Crippen LogP contribution < -0.4 is 11.1 Å². The largest absolute Gasteiger partial charge is 0.348 e. The van der Waals surface area contributed by atoms with Gasteiger partial charge in [-0.05, 0) is 11.1 Å². The van der Waals surface area contributed by atoms with E-state index in [9.17, 15) is 9.00 Å². The summed E-state index contributed by atoms with van der Waals surface area (Å²) >= 11 is 0. The second kappa shape index (κ2) is 8.60. The second-order valence-electron chi connectivity index (χ2n) is 5.49. The molecule has 1 amide bonds. The molecular formula is C18H22N2O2S. The van der Waals surface area contributed by atoms with Gasteiger partial charge in [0.25, 0.3) is 0 Å². The summed E-state index contributed by atoms with van der Waals surface area (Å²) in [4.78, 5) is 12.3.